The molecule has 1 aliphatic rings. The summed E-state index contributed by atoms with van der Waals surface area (Å²) in [4.78, 5) is 14.2. The number of fused-ring (bicyclic) bond motifs is 1. The summed E-state index contributed by atoms with van der Waals surface area (Å²) in [5.41, 5.74) is 2.20. The molecule has 10 heteroatoms. The Morgan fingerprint density at radius 1 is 1.00 bits per heavy atom. The lowest BCUT2D eigenvalue weighted by atomic mass is 10.2. The number of nitrogens with zero attached hydrogens (tertiary/aromatic N) is 5. The van der Waals surface area contributed by atoms with Gasteiger partial charge < -0.3 is 9.47 Å². The SMILES string of the molecule is Cn1c(CCN2CCN(c3ccccn3)CC2)nc2cc(NS(=O)(=O)c3ccc(Cl)cc3)ccc21. The Balaban J connectivity index is 1.23. The number of hydrogen-bond donors (Lipinski definition) is 1. The highest BCUT2D eigenvalue weighted by Crippen LogP contribution is 2.23. The lowest BCUT2D eigenvalue weighted by molar-refractivity contribution is 0.258. The van der Waals surface area contributed by atoms with Crippen molar-refractivity contribution in [2.24, 2.45) is 7.05 Å². The summed E-state index contributed by atoms with van der Waals surface area (Å²) in [7, 11) is -1.71. The summed E-state index contributed by atoms with van der Waals surface area (Å²) in [6.45, 7) is 4.80. The molecule has 0 unspecified atom stereocenters. The molecule has 4 aromatic rings. The molecule has 0 saturated carbocycles. The van der Waals surface area contributed by atoms with Crippen LogP contribution in [0.1, 0.15) is 5.82 Å². The Labute approximate surface area is 210 Å². The fourth-order valence-corrected chi connectivity index (χ4v) is 5.54. The smallest absolute Gasteiger partial charge is 0.261 e. The highest BCUT2D eigenvalue weighted by atomic mass is 35.5. The van der Waals surface area contributed by atoms with Crippen molar-refractivity contribution >= 4 is 44.2 Å². The van der Waals surface area contributed by atoms with Gasteiger partial charge in [-0.3, -0.25) is 9.62 Å². The second-order valence-electron chi connectivity index (χ2n) is 8.62. The van der Waals surface area contributed by atoms with Gasteiger partial charge in [-0.25, -0.2) is 18.4 Å². The minimum atomic E-state index is -3.71. The maximum Gasteiger partial charge on any atom is 0.261 e. The molecule has 0 radical (unpaired) electrons. The number of rotatable bonds is 7. The number of aromatic nitrogens is 3. The minimum Gasteiger partial charge on any atom is -0.354 e. The molecule has 0 bridgehead atoms. The van der Waals surface area contributed by atoms with Gasteiger partial charge in [-0.1, -0.05) is 17.7 Å². The average Bonchev–Trinajstić information content (AvgIpc) is 3.18. The molecule has 1 fully saturated rings. The quantitative estimate of drug-likeness (QED) is 0.407. The predicted octanol–water partition coefficient (Wildman–Crippen LogP) is 3.79. The Kier molecular flexibility index (Phi) is 6.64. The first kappa shape index (κ1) is 23.6. The molecule has 182 valence electrons. The zero-order valence-corrected chi connectivity index (χ0v) is 21.0. The third kappa shape index (κ3) is 5.27. The van der Waals surface area contributed by atoms with Crippen LogP contribution in [0.15, 0.2) is 71.8 Å². The average molecular weight is 511 g/mol. The van der Waals surface area contributed by atoms with Gasteiger partial charge in [0.1, 0.15) is 11.6 Å². The molecule has 0 atom stereocenters. The molecule has 1 saturated heterocycles. The molecule has 0 amide bonds. The van der Waals surface area contributed by atoms with Crippen LogP contribution >= 0.6 is 11.6 Å². The van der Waals surface area contributed by atoms with Gasteiger partial charge in [0.25, 0.3) is 10.0 Å². The molecule has 1 N–H and O–H groups in total. The molecule has 0 spiro atoms. The van der Waals surface area contributed by atoms with Gasteiger partial charge in [-0.05, 0) is 54.6 Å². The largest absolute Gasteiger partial charge is 0.354 e. The summed E-state index contributed by atoms with van der Waals surface area (Å²) < 4.78 is 30.2. The fraction of sp³-hybridized carbons (Fsp3) is 0.280. The van der Waals surface area contributed by atoms with Gasteiger partial charge in [0.15, 0.2) is 0 Å². The first-order valence-electron chi connectivity index (χ1n) is 11.5. The van der Waals surface area contributed by atoms with Crippen molar-refractivity contribution in [2.75, 3.05) is 42.3 Å². The van der Waals surface area contributed by atoms with Crippen LogP contribution in [0, 0.1) is 0 Å². The number of aryl methyl sites for hydroxylation is 1. The second-order valence-corrected chi connectivity index (χ2v) is 10.7. The fourth-order valence-electron chi connectivity index (χ4n) is 4.36. The Morgan fingerprint density at radius 3 is 2.49 bits per heavy atom. The van der Waals surface area contributed by atoms with E-state index in [4.69, 9.17) is 16.6 Å². The van der Waals surface area contributed by atoms with E-state index in [1.165, 1.54) is 12.1 Å². The normalized spacial score (nSPS) is 15.0. The van der Waals surface area contributed by atoms with E-state index in [0.717, 1.165) is 61.8 Å². The number of sulfonamides is 1. The molecule has 8 nitrogen and oxygen atoms in total. The van der Waals surface area contributed by atoms with Crippen LogP contribution in [0.4, 0.5) is 11.5 Å². The van der Waals surface area contributed by atoms with E-state index in [1.807, 2.05) is 31.4 Å². The number of nitrogens with one attached hydrogen (secondary N) is 1. The van der Waals surface area contributed by atoms with Crippen LogP contribution in [-0.2, 0) is 23.5 Å². The molecule has 2 aromatic heterocycles. The highest BCUT2D eigenvalue weighted by Gasteiger charge is 2.19. The Hall–Kier alpha value is -3.14. The van der Waals surface area contributed by atoms with E-state index in [0.29, 0.717) is 10.7 Å². The molecule has 3 heterocycles. The zero-order chi connectivity index (χ0) is 24.4. The van der Waals surface area contributed by atoms with E-state index in [9.17, 15) is 8.42 Å². The molecule has 0 aliphatic carbocycles. The predicted molar refractivity (Wildman–Crippen MR) is 140 cm³/mol. The van der Waals surface area contributed by atoms with Crippen LogP contribution in [0.5, 0.6) is 0 Å². The monoisotopic (exact) mass is 510 g/mol. The van der Waals surface area contributed by atoms with E-state index in [-0.39, 0.29) is 4.90 Å². The zero-order valence-electron chi connectivity index (χ0n) is 19.4. The van der Waals surface area contributed by atoms with Crippen molar-refractivity contribution < 1.29 is 8.42 Å². The Bertz CT molecular complexity index is 1420. The minimum absolute atomic E-state index is 0.159. The molecule has 5 rings (SSSR count). The maximum atomic E-state index is 12.7. The summed E-state index contributed by atoms with van der Waals surface area (Å²) in [5.74, 6) is 2.01. The maximum absolute atomic E-state index is 12.7. The van der Waals surface area contributed by atoms with Gasteiger partial charge >= 0.3 is 0 Å². The number of piperazine rings is 1. The van der Waals surface area contributed by atoms with E-state index >= 15 is 0 Å². The van der Waals surface area contributed by atoms with Crippen molar-refractivity contribution in [1.29, 1.82) is 0 Å². The molecule has 35 heavy (non-hydrogen) atoms. The molecule has 2 aromatic carbocycles. The third-order valence-corrected chi connectivity index (χ3v) is 8.00. The van der Waals surface area contributed by atoms with E-state index in [2.05, 4.69) is 30.1 Å². The Morgan fingerprint density at radius 2 is 1.77 bits per heavy atom. The van der Waals surface area contributed by atoms with Crippen molar-refractivity contribution in [3.05, 3.63) is 77.7 Å². The van der Waals surface area contributed by atoms with Crippen LogP contribution < -0.4 is 9.62 Å². The number of hydrogen-bond acceptors (Lipinski definition) is 6. The number of anilines is 2. The third-order valence-electron chi connectivity index (χ3n) is 6.35. The van der Waals surface area contributed by atoms with Crippen molar-refractivity contribution in [2.45, 2.75) is 11.3 Å². The van der Waals surface area contributed by atoms with Crippen LogP contribution in [0.2, 0.25) is 5.02 Å². The summed E-state index contributed by atoms with van der Waals surface area (Å²) in [6, 6.07) is 17.5. The molecular weight excluding hydrogens is 484 g/mol. The van der Waals surface area contributed by atoms with Crippen LogP contribution in [0.25, 0.3) is 11.0 Å². The van der Waals surface area contributed by atoms with Gasteiger partial charge in [0, 0.05) is 57.4 Å². The van der Waals surface area contributed by atoms with Gasteiger partial charge in [0.2, 0.25) is 0 Å². The summed E-state index contributed by atoms with van der Waals surface area (Å²) >= 11 is 5.88. The van der Waals surface area contributed by atoms with Crippen molar-refractivity contribution in [3.63, 3.8) is 0 Å². The number of benzene rings is 2. The van der Waals surface area contributed by atoms with Crippen molar-refractivity contribution in [1.82, 2.24) is 19.4 Å². The number of pyridine rings is 1. The number of imidazole rings is 1. The highest BCUT2D eigenvalue weighted by molar-refractivity contribution is 7.92. The summed E-state index contributed by atoms with van der Waals surface area (Å²) in [6.07, 6.45) is 2.65. The first-order valence-corrected chi connectivity index (χ1v) is 13.4. The second kappa shape index (κ2) is 9.85. The van der Waals surface area contributed by atoms with Crippen LogP contribution in [-0.4, -0.2) is 60.6 Å². The number of halogens is 1. The summed E-state index contributed by atoms with van der Waals surface area (Å²) in [5, 5.41) is 0.487. The van der Waals surface area contributed by atoms with Crippen LogP contribution in [0.3, 0.4) is 0 Å². The van der Waals surface area contributed by atoms with Gasteiger partial charge in [-0.15, -0.1) is 0 Å². The lowest BCUT2D eigenvalue weighted by Crippen LogP contribution is -2.47. The molecule has 1 aliphatic heterocycles. The lowest BCUT2D eigenvalue weighted by Gasteiger charge is -2.35. The van der Waals surface area contributed by atoms with Gasteiger partial charge in [0.05, 0.1) is 21.6 Å². The first-order chi connectivity index (χ1) is 16.9. The van der Waals surface area contributed by atoms with E-state index in [1.54, 1.807) is 24.3 Å². The molecular formula is C25H27ClN6O2S. The van der Waals surface area contributed by atoms with Crippen molar-refractivity contribution in [3.8, 4) is 0 Å². The topological polar surface area (TPSA) is 83.4 Å². The van der Waals surface area contributed by atoms with E-state index < -0.39 is 10.0 Å². The van der Waals surface area contributed by atoms with Gasteiger partial charge in [-0.2, -0.15) is 0 Å². The standard InChI is InChI=1S/C25H27ClN6O2S/c1-30-23-10-7-20(29-35(33,34)21-8-5-19(26)6-9-21)18-22(23)28-25(30)11-13-31-14-16-32(17-15-31)24-4-2-3-12-27-24/h2-10,12,18,29H,11,13-17H2,1H3.